The predicted octanol–water partition coefficient (Wildman–Crippen LogP) is 6.38. The van der Waals surface area contributed by atoms with Crippen molar-refractivity contribution in [3.05, 3.63) is 70.5 Å². The molecule has 5 N–H and O–H groups in total. The van der Waals surface area contributed by atoms with Gasteiger partial charge in [-0.05, 0) is 115 Å². The molecule has 3 rings (SSSR count). The molecule has 0 saturated carbocycles. The molecule has 298 valence electrons. The summed E-state index contributed by atoms with van der Waals surface area (Å²) < 4.78 is 0. The molecular formula is C42H72N8O3. The van der Waals surface area contributed by atoms with Crippen LogP contribution >= 0.6 is 0 Å². The summed E-state index contributed by atoms with van der Waals surface area (Å²) in [4.78, 5) is 29.0. The third-order valence-electron chi connectivity index (χ3n) is 9.04. The number of allylic oxidation sites excluding steroid dienone is 3. The monoisotopic (exact) mass is 737 g/mol. The molecule has 1 aromatic carbocycles. The number of hydrogen-bond acceptors (Lipinski definition) is 8. The van der Waals surface area contributed by atoms with Gasteiger partial charge in [0.25, 0.3) is 5.91 Å². The molecule has 1 aliphatic carbocycles. The third kappa shape index (κ3) is 15.9. The summed E-state index contributed by atoms with van der Waals surface area (Å²) in [6.07, 6.45) is 13.4. The Labute approximate surface area is 322 Å². The van der Waals surface area contributed by atoms with Gasteiger partial charge in [0, 0.05) is 39.8 Å². The first kappa shape index (κ1) is 49.0. The molecule has 2 unspecified atom stereocenters. The van der Waals surface area contributed by atoms with Crippen molar-refractivity contribution in [1.82, 2.24) is 31.3 Å². The van der Waals surface area contributed by atoms with E-state index in [2.05, 4.69) is 93.8 Å². The molecular weight excluding hydrogens is 665 g/mol. The van der Waals surface area contributed by atoms with Crippen LogP contribution in [-0.4, -0.2) is 93.3 Å². The second-order valence-corrected chi connectivity index (χ2v) is 13.3. The molecule has 11 heteroatoms. The fraction of sp³-hybridized carbons (Fsp3) is 0.619. The number of hydrazine groups is 1. The lowest BCUT2D eigenvalue weighted by Crippen LogP contribution is -2.53. The smallest absolute Gasteiger partial charge is 0.251 e. The van der Waals surface area contributed by atoms with E-state index in [4.69, 9.17) is 10.3 Å². The standard InChI is InChI=1S/C29H47N5O2.C6H8N2O.C4H9N.C3H8/c1-8-25-22(12-10-11-21(3)4)13-14-23-19-24(27(36)30-5)15-16-26(23)29(25,17-18-32-9-2)28(31-6)33-34(7)20-35;7-4-6-2-1-3-8(6)5-9;1-3-5-4-2;1-3-2/h11,15-16,19,32,35H,8-10,12-14,17-18,20H2,1-7H3,(H,30,36)(H,31,33);5-6H,1-3H2;3,5H,1,4H2,2H3;3H2,1-2H3. The largest absolute Gasteiger partial charge is 0.392 e. The van der Waals surface area contributed by atoms with E-state index in [1.165, 1.54) is 34.3 Å². The average molecular weight is 737 g/mol. The lowest BCUT2D eigenvalue weighted by Gasteiger charge is -2.41. The Morgan fingerprint density at radius 3 is 2.36 bits per heavy atom. The van der Waals surface area contributed by atoms with Gasteiger partial charge < -0.3 is 31.4 Å². The van der Waals surface area contributed by atoms with Crippen LogP contribution in [0.2, 0.25) is 0 Å². The number of nitrogens with one attached hydrogen (secondary N) is 4. The van der Waals surface area contributed by atoms with Crippen molar-refractivity contribution in [2.45, 2.75) is 118 Å². The second kappa shape index (κ2) is 28.5. The van der Waals surface area contributed by atoms with E-state index in [-0.39, 0.29) is 18.7 Å². The van der Waals surface area contributed by atoms with Crippen LogP contribution in [0.15, 0.2) is 58.8 Å². The first-order chi connectivity index (χ1) is 25.5. The molecule has 0 spiro atoms. The number of rotatable bonds is 15. The van der Waals surface area contributed by atoms with Gasteiger partial charge >= 0.3 is 0 Å². The molecule has 11 nitrogen and oxygen atoms in total. The molecule has 2 aliphatic rings. The minimum Gasteiger partial charge on any atom is -0.392 e. The highest BCUT2D eigenvalue weighted by Gasteiger charge is 2.44. The quantitative estimate of drug-likeness (QED) is 0.0265. The van der Waals surface area contributed by atoms with Crippen LogP contribution in [-0.2, 0) is 16.6 Å². The molecule has 1 fully saturated rings. The molecule has 1 heterocycles. The minimum atomic E-state index is -0.498. The van der Waals surface area contributed by atoms with Crippen molar-refractivity contribution in [2.75, 3.05) is 54.1 Å². The van der Waals surface area contributed by atoms with Gasteiger partial charge in [-0.1, -0.05) is 69.6 Å². The number of carbonyl (C=O) groups is 2. The third-order valence-corrected chi connectivity index (χ3v) is 9.04. The van der Waals surface area contributed by atoms with Crippen LogP contribution in [0.5, 0.6) is 0 Å². The number of amidine groups is 1. The number of hydrogen-bond donors (Lipinski definition) is 5. The maximum absolute atomic E-state index is 12.5. The summed E-state index contributed by atoms with van der Waals surface area (Å²) in [6, 6.07) is 8.04. The van der Waals surface area contributed by atoms with Crippen LogP contribution < -0.4 is 21.4 Å². The highest BCUT2D eigenvalue weighted by atomic mass is 16.3. The van der Waals surface area contributed by atoms with Gasteiger partial charge in [-0.15, -0.1) is 0 Å². The van der Waals surface area contributed by atoms with Crippen molar-refractivity contribution < 1.29 is 14.7 Å². The zero-order valence-electron chi connectivity index (χ0n) is 34.7. The van der Waals surface area contributed by atoms with Gasteiger partial charge in [-0.25, -0.2) is 5.01 Å². The zero-order valence-corrected chi connectivity index (χ0v) is 34.7. The topological polar surface area (TPSA) is 145 Å². The molecule has 1 saturated heterocycles. The Morgan fingerprint density at radius 1 is 1.19 bits per heavy atom. The number of aliphatic hydroxyl groups excluding tert-OH is 1. The molecule has 2 amide bonds. The minimum absolute atomic E-state index is 0.0738. The Morgan fingerprint density at radius 2 is 1.89 bits per heavy atom. The van der Waals surface area contributed by atoms with Gasteiger partial charge in [0.1, 0.15) is 18.6 Å². The first-order valence-electron chi connectivity index (χ1n) is 19.4. The Balaban J connectivity index is 0.00000130. The highest BCUT2D eigenvalue weighted by molar-refractivity contribution is 5.98. The summed E-state index contributed by atoms with van der Waals surface area (Å²) in [5, 5.41) is 29.1. The Hall–Kier alpha value is -3.98. The van der Waals surface area contributed by atoms with E-state index in [1.54, 1.807) is 23.2 Å². The molecule has 2 atom stereocenters. The van der Waals surface area contributed by atoms with E-state index >= 15 is 0 Å². The van der Waals surface area contributed by atoms with E-state index < -0.39 is 5.41 Å². The summed E-state index contributed by atoms with van der Waals surface area (Å²) in [5.41, 5.74) is 10.2. The second-order valence-electron chi connectivity index (χ2n) is 13.3. The summed E-state index contributed by atoms with van der Waals surface area (Å²) >= 11 is 0. The average Bonchev–Trinajstić information content (AvgIpc) is 3.59. The van der Waals surface area contributed by atoms with Crippen molar-refractivity contribution in [3.63, 3.8) is 0 Å². The van der Waals surface area contributed by atoms with Crippen molar-refractivity contribution in [3.8, 4) is 6.07 Å². The molecule has 0 radical (unpaired) electrons. The van der Waals surface area contributed by atoms with Crippen molar-refractivity contribution in [2.24, 2.45) is 4.99 Å². The van der Waals surface area contributed by atoms with Crippen LogP contribution in [0.1, 0.15) is 121 Å². The maximum Gasteiger partial charge on any atom is 0.251 e. The Bertz CT molecular complexity index is 1360. The van der Waals surface area contributed by atoms with Crippen LogP contribution in [0, 0.1) is 11.3 Å². The van der Waals surface area contributed by atoms with E-state index in [0.29, 0.717) is 5.56 Å². The Kier molecular flexibility index (Phi) is 26.4. The first-order valence-corrected chi connectivity index (χ1v) is 19.4. The number of nitrogens with zero attached hydrogens (tertiary/aromatic N) is 4. The summed E-state index contributed by atoms with van der Waals surface area (Å²) in [7, 11) is 5.31. The van der Waals surface area contributed by atoms with Gasteiger partial charge in [-0.2, -0.15) is 5.26 Å². The number of fused-ring (bicyclic) bond motifs is 1. The van der Waals surface area contributed by atoms with E-state index in [9.17, 15) is 14.7 Å². The highest BCUT2D eigenvalue weighted by Crippen LogP contribution is 2.46. The number of aliphatic hydroxyl groups is 1. The lowest BCUT2D eigenvalue weighted by molar-refractivity contribution is -0.118. The van der Waals surface area contributed by atoms with Crippen LogP contribution in [0.25, 0.3) is 0 Å². The van der Waals surface area contributed by atoms with Crippen LogP contribution in [0.4, 0.5) is 0 Å². The SMILES string of the molecule is C=CNCC.CCC.CCNCCC1(C(=NC)NN(C)CO)C(CC)=C(CCC=C(C)C)CCc2cc(C(=O)NC)ccc21.N#CC1CCCN1C=O. The number of aryl methyl sites for hydroxylation is 1. The fourth-order valence-electron chi connectivity index (χ4n) is 6.64. The van der Waals surface area contributed by atoms with Crippen molar-refractivity contribution >= 4 is 18.2 Å². The van der Waals surface area contributed by atoms with Gasteiger partial charge in [0.05, 0.1) is 11.5 Å². The number of nitriles is 1. The van der Waals surface area contributed by atoms with Gasteiger partial charge in [0.15, 0.2) is 0 Å². The van der Waals surface area contributed by atoms with E-state index in [0.717, 1.165) is 89.8 Å². The number of benzene rings is 1. The van der Waals surface area contributed by atoms with Gasteiger partial charge in [0.2, 0.25) is 6.41 Å². The normalized spacial score (nSPS) is 17.6. The fourth-order valence-corrected chi connectivity index (χ4v) is 6.64. The molecule has 1 aliphatic heterocycles. The summed E-state index contributed by atoms with van der Waals surface area (Å²) in [5.74, 6) is 0.750. The molecule has 1 aromatic rings. The van der Waals surface area contributed by atoms with Gasteiger partial charge in [-0.3, -0.25) is 14.6 Å². The zero-order chi connectivity index (χ0) is 40.2. The maximum atomic E-state index is 12.5. The molecule has 0 aromatic heterocycles. The number of likely N-dealkylation sites (tertiary alicyclic amines) is 1. The number of aliphatic imine (C=N–C) groups is 1. The molecule has 53 heavy (non-hydrogen) atoms. The molecule has 0 bridgehead atoms. The summed E-state index contributed by atoms with van der Waals surface area (Å²) in [6.45, 7) is 21.7. The van der Waals surface area contributed by atoms with Crippen molar-refractivity contribution in [1.29, 1.82) is 5.26 Å². The predicted molar refractivity (Wildman–Crippen MR) is 222 cm³/mol. The number of carbonyl (C=O) groups excluding carboxylic acids is 2. The number of amides is 2. The van der Waals surface area contributed by atoms with Crippen LogP contribution in [0.3, 0.4) is 0 Å². The lowest BCUT2D eigenvalue weighted by atomic mass is 9.67. The van der Waals surface area contributed by atoms with E-state index in [1.807, 2.05) is 27.1 Å².